The maximum absolute atomic E-state index is 2.69. The summed E-state index contributed by atoms with van der Waals surface area (Å²) in [7, 11) is 0. The molecule has 0 radical (unpaired) electrons. The maximum Gasteiger partial charge on any atom is 0.0236 e. The van der Waals surface area contributed by atoms with Gasteiger partial charge in [-0.05, 0) is 47.7 Å². The molecule has 0 N–H and O–H groups in total. The molecule has 3 aromatic carbocycles. The average molecular weight is 315 g/mol. The number of hydrogen-bond donors (Lipinski definition) is 0. The van der Waals surface area contributed by atoms with Gasteiger partial charge in [0.25, 0.3) is 0 Å². The highest BCUT2D eigenvalue weighted by molar-refractivity contribution is 5.83. The zero-order valence-electron chi connectivity index (χ0n) is 14.2. The molecule has 1 unspecified atom stereocenters. The zero-order valence-corrected chi connectivity index (χ0v) is 14.2. The molecule has 24 heavy (non-hydrogen) atoms. The lowest BCUT2D eigenvalue weighted by Crippen LogP contribution is -2.40. The van der Waals surface area contributed by atoms with Gasteiger partial charge >= 0.3 is 0 Å². The summed E-state index contributed by atoms with van der Waals surface area (Å²) in [6, 6.07) is 27.2. The summed E-state index contributed by atoms with van der Waals surface area (Å²) < 4.78 is 0. The number of likely N-dealkylation sites (tertiary alicyclic amines) is 1. The molecule has 122 valence electrons. The summed E-state index contributed by atoms with van der Waals surface area (Å²) in [5.41, 5.74) is 2.90. The van der Waals surface area contributed by atoms with Gasteiger partial charge in [-0.3, -0.25) is 4.90 Å². The van der Waals surface area contributed by atoms with E-state index in [0.717, 1.165) is 13.0 Å². The quantitative estimate of drug-likeness (QED) is 0.620. The fourth-order valence-electron chi connectivity index (χ4n) is 3.96. The van der Waals surface area contributed by atoms with E-state index in [9.17, 15) is 0 Å². The smallest absolute Gasteiger partial charge is 0.0236 e. The first-order chi connectivity index (χ1) is 11.9. The Bertz CT molecular complexity index is 793. The van der Waals surface area contributed by atoms with Crippen LogP contribution in [-0.4, -0.2) is 17.5 Å². The van der Waals surface area contributed by atoms with Crippen LogP contribution in [0.4, 0.5) is 0 Å². The van der Waals surface area contributed by atoms with Gasteiger partial charge in [-0.2, -0.15) is 0 Å². The fourth-order valence-corrected chi connectivity index (χ4v) is 3.96. The number of rotatable bonds is 4. The first kappa shape index (κ1) is 15.4. The van der Waals surface area contributed by atoms with Crippen molar-refractivity contribution in [2.24, 2.45) is 0 Å². The van der Waals surface area contributed by atoms with E-state index >= 15 is 0 Å². The Balaban J connectivity index is 1.51. The van der Waals surface area contributed by atoms with Crippen molar-refractivity contribution < 1.29 is 0 Å². The minimum Gasteiger partial charge on any atom is -0.296 e. The molecule has 1 nitrogen and oxygen atoms in total. The highest BCUT2D eigenvalue weighted by Gasteiger charge is 2.22. The largest absolute Gasteiger partial charge is 0.296 e. The van der Waals surface area contributed by atoms with E-state index in [1.165, 1.54) is 47.7 Å². The van der Waals surface area contributed by atoms with Gasteiger partial charge in [-0.1, -0.05) is 79.2 Å². The van der Waals surface area contributed by atoms with Crippen LogP contribution in [0.15, 0.2) is 72.8 Å². The third-order valence-corrected chi connectivity index (χ3v) is 5.26. The van der Waals surface area contributed by atoms with Crippen molar-refractivity contribution in [1.29, 1.82) is 0 Å². The second-order valence-electron chi connectivity index (χ2n) is 6.99. The van der Waals surface area contributed by atoms with Crippen LogP contribution in [0.3, 0.4) is 0 Å². The van der Waals surface area contributed by atoms with Gasteiger partial charge in [0.05, 0.1) is 0 Å². The first-order valence-electron chi connectivity index (χ1n) is 9.14. The normalized spacial score (nSPS) is 18.8. The summed E-state index contributed by atoms with van der Waals surface area (Å²) in [6.45, 7) is 2.31. The van der Waals surface area contributed by atoms with Gasteiger partial charge in [-0.15, -0.1) is 0 Å². The molecular weight excluding hydrogens is 290 g/mol. The Hall–Kier alpha value is -2.12. The second kappa shape index (κ2) is 7.19. The number of benzene rings is 3. The van der Waals surface area contributed by atoms with E-state index in [4.69, 9.17) is 0 Å². The van der Waals surface area contributed by atoms with Gasteiger partial charge in [0.2, 0.25) is 0 Å². The highest BCUT2D eigenvalue weighted by Crippen LogP contribution is 2.24. The Morgan fingerprint density at radius 2 is 1.54 bits per heavy atom. The van der Waals surface area contributed by atoms with E-state index in [1.54, 1.807) is 0 Å². The van der Waals surface area contributed by atoms with Crippen molar-refractivity contribution >= 4 is 10.8 Å². The fraction of sp³-hybridized carbons (Fsp3) is 0.304. The summed E-state index contributed by atoms with van der Waals surface area (Å²) in [5, 5.41) is 2.70. The van der Waals surface area contributed by atoms with E-state index < -0.39 is 0 Å². The van der Waals surface area contributed by atoms with Crippen LogP contribution < -0.4 is 0 Å². The van der Waals surface area contributed by atoms with Gasteiger partial charge in [0.1, 0.15) is 0 Å². The van der Waals surface area contributed by atoms with E-state index in [0.29, 0.717) is 6.04 Å². The van der Waals surface area contributed by atoms with Crippen LogP contribution in [0, 0.1) is 0 Å². The molecule has 0 saturated carbocycles. The molecule has 1 heteroatoms. The minimum absolute atomic E-state index is 0.667. The topological polar surface area (TPSA) is 3.24 Å². The Morgan fingerprint density at radius 3 is 2.42 bits per heavy atom. The average Bonchev–Trinajstić information content (AvgIpc) is 2.64. The van der Waals surface area contributed by atoms with Crippen LogP contribution in [0.1, 0.15) is 30.4 Å². The van der Waals surface area contributed by atoms with E-state index in [1.807, 2.05) is 0 Å². The molecular formula is C23H25N. The second-order valence-corrected chi connectivity index (χ2v) is 6.99. The lowest BCUT2D eigenvalue weighted by Gasteiger charge is -2.36. The summed E-state index contributed by atoms with van der Waals surface area (Å²) >= 11 is 0. The van der Waals surface area contributed by atoms with Crippen LogP contribution >= 0.6 is 0 Å². The lowest BCUT2D eigenvalue weighted by atomic mass is 9.94. The van der Waals surface area contributed by atoms with E-state index in [-0.39, 0.29) is 0 Å². The molecule has 0 aliphatic carbocycles. The van der Waals surface area contributed by atoms with Crippen molar-refractivity contribution in [2.45, 2.75) is 38.3 Å². The highest BCUT2D eigenvalue weighted by atomic mass is 15.2. The van der Waals surface area contributed by atoms with E-state index in [2.05, 4.69) is 77.7 Å². The Morgan fingerprint density at radius 1 is 0.750 bits per heavy atom. The standard InChI is InChI=1S/C23H25N/c1-2-8-19(9-3-1)18-24-15-7-6-12-23(24)17-20-13-14-21-10-4-5-11-22(21)16-20/h1-5,8-11,13-14,16,23H,6-7,12,15,17-18H2. The molecule has 1 fully saturated rings. The van der Waals surface area contributed by atoms with Crippen LogP contribution in [-0.2, 0) is 13.0 Å². The molecule has 0 bridgehead atoms. The predicted octanol–water partition coefficient (Wildman–Crippen LogP) is 5.44. The summed E-state index contributed by atoms with van der Waals surface area (Å²) in [4.78, 5) is 2.69. The molecule has 4 rings (SSSR count). The number of hydrogen-bond acceptors (Lipinski definition) is 1. The van der Waals surface area contributed by atoms with Crippen LogP contribution in [0.5, 0.6) is 0 Å². The van der Waals surface area contributed by atoms with Gasteiger partial charge in [-0.25, -0.2) is 0 Å². The third-order valence-electron chi connectivity index (χ3n) is 5.26. The lowest BCUT2D eigenvalue weighted by molar-refractivity contribution is 0.139. The van der Waals surface area contributed by atoms with Crippen molar-refractivity contribution in [3.8, 4) is 0 Å². The van der Waals surface area contributed by atoms with Gasteiger partial charge < -0.3 is 0 Å². The SMILES string of the molecule is c1ccc(CN2CCCCC2Cc2ccc3ccccc3c2)cc1. The Labute approximate surface area is 144 Å². The molecule has 1 heterocycles. The van der Waals surface area contributed by atoms with Crippen molar-refractivity contribution in [1.82, 2.24) is 4.90 Å². The molecule has 0 aromatic heterocycles. The van der Waals surface area contributed by atoms with Gasteiger partial charge in [0, 0.05) is 12.6 Å². The molecule has 0 spiro atoms. The Kier molecular flexibility index (Phi) is 4.62. The van der Waals surface area contributed by atoms with Crippen LogP contribution in [0.25, 0.3) is 10.8 Å². The predicted molar refractivity (Wildman–Crippen MR) is 102 cm³/mol. The molecule has 3 aromatic rings. The number of fused-ring (bicyclic) bond motifs is 1. The first-order valence-corrected chi connectivity index (χ1v) is 9.14. The maximum atomic E-state index is 2.69. The van der Waals surface area contributed by atoms with Crippen molar-refractivity contribution in [2.75, 3.05) is 6.54 Å². The summed E-state index contributed by atoms with van der Waals surface area (Å²) in [6.07, 6.45) is 5.18. The molecule has 1 saturated heterocycles. The van der Waals surface area contributed by atoms with Crippen molar-refractivity contribution in [3.05, 3.63) is 83.9 Å². The molecule has 1 atom stereocenters. The van der Waals surface area contributed by atoms with Gasteiger partial charge in [0.15, 0.2) is 0 Å². The molecule has 0 amide bonds. The minimum atomic E-state index is 0.667. The number of nitrogens with zero attached hydrogens (tertiary/aromatic N) is 1. The number of piperidine rings is 1. The third kappa shape index (κ3) is 3.52. The molecule has 1 aliphatic heterocycles. The van der Waals surface area contributed by atoms with Crippen molar-refractivity contribution in [3.63, 3.8) is 0 Å². The zero-order chi connectivity index (χ0) is 16.2. The molecule has 1 aliphatic rings. The van der Waals surface area contributed by atoms with Crippen LogP contribution in [0.2, 0.25) is 0 Å². The monoisotopic (exact) mass is 315 g/mol. The summed E-state index contributed by atoms with van der Waals surface area (Å²) in [5.74, 6) is 0.